The van der Waals surface area contributed by atoms with Crippen LogP contribution in [0.2, 0.25) is 0 Å². The smallest absolute Gasteiger partial charge is 0.0503 e. The molecule has 0 amide bonds. The van der Waals surface area contributed by atoms with Gasteiger partial charge in [-0.25, -0.2) is 0 Å². The SMILES string of the molecule is c1ccc(N(c2ccc(-c3ccc4sc5ccccc5c4c3)cc2)c2cc(N(c3ccccc3)c3ccc4ccccc4c3)cc(N(c3ccccc3)c3ccc4ccccc4c3)c2)cc1. The minimum atomic E-state index is 1.02. The van der Waals surface area contributed by atoms with E-state index in [-0.39, 0.29) is 0 Å². The Labute approximate surface area is 388 Å². The van der Waals surface area contributed by atoms with Gasteiger partial charge in [0.05, 0.1) is 17.1 Å². The molecule has 1 heterocycles. The molecule has 0 aliphatic rings. The summed E-state index contributed by atoms with van der Waals surface area (Å²) in [6, 6.07) is 94.6. The highest BCUT2D eigenvalue weighted by atomic mass is 32.1. The van der Waals surface area contributed by atoms with Crippen LogP contribution in [0, 0.1) is 0 Å². The summed E-state index contributed by atoms with van der Waals surface area (Å²) in [5, 5.41) is 7.40. The number of thiophene rings is 1. The molecule has 0 N–H and O–H groups in total. The van der Waals surface area contributed by atoms with Crippen LogP contribution in [0.25, 0.3) is 52.8 Å². The van der Waals surface area contributed by atoms with E-state index in [0.717, 1.165) is 51.2 Å². The van der Waals surface area contributed by atoms with Crippen molar-refractivity contribution in [3.63, 3.8) is 0 Å². The van der Waals surface area contributed by atoms with E-state index in [4.69, 9.17) is 0 Å². The van der Waals surface area contributed by atoms with E-state index in [1.807, 2.05) is 11.3 Å². The molecule has 66 heavy (non-hydrogen) atoms. The lowest BCUT2D eigenvalue weighted by atomic mass is 10.0. The van der Waals surface area contributed by atoms with Crippen molar-refractivity contribution in [2.45, 2.75) is 0 Å². The summed E-state index contributed by atoms with van der Waals surface area (Å²) in [6.45, 7) is 0. The average molecular weight is 862 g/mol. The van der Waals surface area contributed by atoms with Crippen molar-refractivity contribution in [3.8, 4) is 11.1 Å². The first-order chi connectivity index (χ1) is 32.7. The van der Waals surface area contributed by atoms with E-state index in [9.17, 15) is 0 Å². The molecule has 0 saturated carbocycles. The summed E-state index contributed by atoms with van der Waals surface area (Å²) in [4.78, 5) is 7.17. The van der Waals surface area contributed by atoms with Crippen LogP contribution in [-0.2, 0) is 0 Å². The number of nitrogens with zero attached hydrogens (tertiary/aromatic N) is 3. The quantitative estimate of drug-likeness (QED) is 0.136. The monoisotopic (exact) mass is 861 g/mol. The molecule has 312 valence electrons. The van der Waals surface area contributed by atoms with Crippen molar-refractivity contribution >= 4 is 104 Å². The molecule has 0 saturated heterocycles. The summed E-state index contributed by atoms with van der Waals surface area (Å²) in [6.07, 6.45) is 0. The third kappa shape index (κ3) is 7.39. The molecule has 0 bridgehead atoms. The minimum Gasteiger partial charge on any atom is -0.310 e. The molecule has 0 spiro atoms. The lowest BCUT2D eigenvalue weighted by molar-refractivity contribution is 1.22. The maximum absolute atomic E-state index is 2.39. The summed E-state index contributed by atoms with van der Waals surface area (Å²) >= 11 is 1.85. The highest BCUT2D eigenvalue weighted by molar-refractivity contribution is 7.25. The van der Waals surface area contributed by atoms with E-state index in [1.54, 1.807) is 0 Å². The van der Waals surface area contributed by atoms with Gasteiger partial charge < -0.3 is 14.7 Å². The maximum Gasteiger partial charge on any atom is 0.0503 e. The number of para-hydroxylation sites is 3. The van der Waals surface area contributed by atoms with Crippen LogP contribution in [0.5, 0.6) is 0 Å². The summed E-state index contributed by atoms with van der Waals surface area (Å²) in [7, 11) is 0. The normalized spacial score (nSPS) is 11.3. The van der Waals surface area contributed by atoms with Crippen molar-refractivity contribution < 1.29 is 0 Å². The first-order valence-corrected chi connectivity index (χ1v) is 23.2. The van der Waals surface area contributed by atoms with E-state index >= 15 is 0 Å². The zero-order valence-electron chi connectivity index (χ0n) is 36.1. The minimum absolute atomic E-state index is 1.02. The molecule has 12 rings (SSSR count). The van der Waals surface area contributed by atoms with Gasteiger partial charge in [-0.3, -0.25) is 0 Å². The number of hydrogen-bond donors (Lipinski definition) is 0. The molecular weight excluding hydrogens is 819 g/mol. The van der Waals surface area contributed by atoms with Gasteiger partial charge in [-0.2, -0.15) is 0 Å². The number of rotatable bonds is 10. The highest BCUT2D eigenvalue weighted by Gasteiger charge is 2.23. The second-order valence-electron chi connectivity index (χ2n) is 16.6. The third-order valence-corrected chi connectivity index (χ3v) is 13.7. The number of hydrogen-bond acceptors (Lipinski definition) is 4. The Hall–Kier alpha value is -8.44. The largest absolute Gasteiger partial charge is 0.310 e. The number of fused-ring (bicyclic) bond motifs is 5. The molecule has 0 aliphatic heterocycles. The molecule has 0 unspecified atom stereocenters. The lowest BCUT2D eigenvalue weighted by Crippen LogP contribution is -2.16. The predicted octanol–water partition coefficient (Wildman–Crippen LogP) is 18.4. The van der Waals surface area contributed by atoms with Crippen molar-refractivity contribution in [2.75, 3.05) is 14.7 Å². The van der Waals surface area contributed by atoms with Gasteiger partial charge in [-0.05, 0) is 142 Å². The van der Waals surface area contributed by atoms with Crippen LogP contribution in [0.15, 0.2) is 261 Å². The van der Waals surface area contributed by atoms with Crippen molar-refractivity contribution in [1.29, 1.82) is 0 Å². The number of benzene rings is 11. The average Bonchev–Trinajstić information content (AvgIpc) is 3.76. The topological polar surface area (TPSA) is 9.72 Å². The van der Waals surface area contributed by atoms with Crippen LogP contribution in [0.1, 0.15) is 0 Å². The highest BCUT2D eigenvalue weighted by Crippen LogP contribution is 2.47. The zero-order valence-corrected chi connectivity index (χ0v) is 36.9. The van der Waals surface area contributed by atoms with E-state index in [0.29, 0.717) is 0 Å². The maximum atomic E-state index is 2.39. The number of anilines is 9. The van der Waals surface area contributed by atoms with Crippen LogP contribution >= 0.6 is 11.3 Å². The fourth-order valence-corrected chi connectivity index (χ4v) is 10.5. The third-order valence-electron chi connectivity index (χ3n) is 12.5. The van der Waals surface area contributed by atoms with Gasteiger partial charge in [0.2, 0.25) is 0 Å². The molecule has 0 radical (unpaired) electrons. The van der Waals surface area contributed by atoms with Gasteiger partial charge in [0.1, 0.15) is 0 Å². The lowest BCUT2D eigenvalue weighted by Gasteiger charge is -2.33. The second kappa shape index (κ2) is 16.9. The fourth-order valence-electron chi connectivity index (χ4n) is 9.38. The first-order valence-electron chi connectivity index (χ1n) is 22.4. The van der Waals surface area contributed by atoms with Gasteiger partial charge in [-0.15, -0.1) is 11.3 Å². The Morgan fingerprint density at radius 2 is 0.591 bits per heavy atom. The Morgan fingerprint density at radius 1 is 0.212 bits per heavy atom. The van der Waals surface area contributed by atoms with Gasteiger partial charge in [-0.1, -0.05) is 152 Å². The molecule has 0 fully saturated rings. The van der Waals surface area contributed by atoms with E-state index < -0.39 is 0 Å². The fraction of sp³-hybridized carbons (Fsp3) is 0. The zero-order chi connectivity index (χ0) is 43.8. The van der Waals surface area contributed by atoms with E-state index in [1.165, 1.54) is 52.8 Å². The first kappa shape index (κ1) is 39.2. The summed E-state index contributed by atoms with van der Waals surface area (Å²) in [5.41, 5.74) is 11.9. The Balaban J connectivity index is 1.08. The Kier molecular flexibility index (Phi) is 10.0. The van der Waals surface area contributed by atoms with Crippen LogP contribution in [-0.4, -0.2) is 0 Å². The molecule has 3 nitrogen and oxygen atoms in total. The molecule has 0 aliphatic carbocycles. The van der Waals surface area contributed by atoms with Crippen LogP contribution in [0.3, 0.4) is 0 Å². The summed E-state index contributed by atoms with van der Waals surface area (Å²) < 4.78 is 2.63. The molecule has 1 aromatic heterocycles. The molecule has 11 aromatic carbocycles. The van der Waals surface area contributed by atoms with Gasteiger partial charge >= 0.3 is 0 Å². The summed E-state index contributed by atoms with van der Waals surface area (Å²) in [5.74, 6) is 0. The molecule has 0 atom stereocenters. The molecule has 4 heteroatoms. The van der Waals surface area contributed by atoms with Crippen molar-refractivity contribution in [2.24, 2.45) is 0 Å². The molecular formula is C62H43N3S. The predicted molar refractivity (Wildman–Crippen MR) is 284 cm³/mol. The second-order valence-corrected chi connectivity index (χ2v) is 17.7. The van der Waals surface area contributed by atoms with Gasteiger partial charge in [0.25, 0.3) is 0 Å². The van der Waals surface area contributed by atoms with Crippen molar-refractivity contribution in [3.05, 3.63) is 261 Å². The standard InChI is InChI=1S/C62H43N3S/c1-4-20-50(21-5-1)63(53-33-28-46(29-34-53)49-32-37-62-60(40-49)59-26-14-15-27-61(59)66-62)56-41-57(64(51-22-6-2-7-23-51)54-35-30-44-16-10-12-18-47(44)38-54)43-58(42-56)65(52-24-8-3-9-25-52)55-36-31-45-17-11-13-19-48(45)39-55/h1-43H. The van der Waals surface area contributed by atoms with Gasteiger partial charge in [0.15, 0.2) is 0 Å². The molecule has 12 aromatic rings. The Bertz CT molecular complexity index is 3520. The Morgan fingerprint density at radius 3 is 1.11 bits per heavy atom. The van der Waals surface area contributed by atoms with E-state index in [2.05, 4.69) is 276 Å². The van der Waals surface area contributed by atoms with Crippen LogP contribution in [0.4, 0.5) is 51.2 Å². The van der Waals surface area contributed by atoms with Gasteiger partial charge in [0, 0.05) is 54.3 Å². The van der Waals surface area contributed by atoms with Crippen molar-refractivity contribution in [1.82, 2.24) is 0 Å². The van der Waals surface area contributed by atoms with Crippen LogP contribution < -0.4 is 14.7 Å².